The van der Waals surface area contributed by atoms with E-state index in [4.69, 9.17) is 0 Å². The monoisotopic (exact) mass is 430 g/mol. The second-order valence-electron chi connectivity index (χ2n) is 8.16. The van der Waals surface area contributed by atoms with E-state index in [1.807, 2.05) is 24.5 Å². The predicted molar refractivity (Wildman–Crippen MR) is 126 cm³/mol. The van der Waals surface area contributed by atoms with Crippen molar-refractivity contribution in [3.63, 3.8) is 0 Å². The Morgan fingerprint density at radius 3 is 2.35 bits per heavy atom. The first-order valence-electron chi connectivity index (χ1n) is 10.3. The number of benzene rings is 3. The topological polar surface area (TPSA) is 52.0 Å². The number of nitrogens with zero attached hydrogens (tertiary/aromatic N) is 2. The number of rotatable bonds is 5. The Bertz CT molecular complexity index is 1350. The Hall–Kier alpha value is -3.18. The zero-order valence-corrected chi connectivity index (χ0v) is 19.0. The number of aromatic nitrogens is 2. The largest absolute Gasteiger partial charge is 0.300 e. The molecule has 31 heavy (non-hydrogen) atoms. The molecule has 4 aromatic rings. The van der Waals surface area contributed by atoms with Crippen LogP contribution in [0, 0.1) is 6.92 Å². The number of hydrogen-bond acceptors (Lipinski definition) is 3. The highest BCUT2D eigenvalue weighted by Crippen LogP contribution is 2.32. The lowest BCUT2D eigenvalue weighted by atomic mass is 9.98. The minimum Gasteiger partial charge on any atom is -0.300 e. The predicted octanol–water partition coefficient (Wildman–Crippen LogP) is 6.04. The van der Waals surface area contributed by atoms with Gasteiger partial charge in [-0.25, -0.2) is 13.4 Å². The molecule has 0 aliphatic heterocycles. The van der Waals surface area contributed by atoms with E-state index in [1.54, 1.807) is 18.2 Å². The molecule has 0 spiro atoms. The summed E-state index contributed by atoms with van der Waals surface area (Å²) in [5.41, 5.74) is 6.39. The molecule has 4 rings (SSSR count). The first-order valence-corrected chi connectivity index (χ1v) is 12.2. The van der Waals surface area contributed by atoms with E-state index < -0.39 is 9.84 Å². The number of para-hydroxylation sites is 1. The van der Waals surface area contributed by atoms with Crippen molar-refractivity contribution in [1.82, 2.24) is 9.55 Å². The summed E-state index contributed by atoms with van der Waals surface area (Å²) in [7, 11) is -3.25. The Morgan fingerprint density at radius 2 is 1.65 bits per heavy atom. The van der Waals surface area contributed by atoms with Gasteiger partial charge in [0.15, 0.2) is 9.84 Å². The lowest BCUT2D eigenvalue weighted by molar-refractivity contribution is 0.602. The standard InChI is InChI=1S/C26H26N2O2S/c1-18(2)23-10-5-6-11-25(23)28-15-14-27-26(28)24-13-12-21(16-19(24)3)20-8-7-9-22(17-20)31(4,29)30/h5-18H,1-4H3. The van der Waals surface area contributed by atoms with Crippen LogP contribution in [0.3, 0.4) is 0 Å². The van der Waals surface area contributed by atoms with Crippen LogP contribution in [0.5, 0.6) is 0 Å². The molecule has 0 bridgehead atoms. The fourth-order valence-electron chi connectivity index (χ4n) is 3.89. The van der Waals surface area contributed by atoms with E-state index in [0.29, 0.717) is 10.8 Å². The van der Waals surface area contributed by atoms with Crippen LogP contribution in [0.2, 0.25) is 0 Å². The van der Waals surface area contributed by atoms with E-state index in [0.717, 1.165) is 33.8 Å². The Balaban J connectivity index is 1.78. The van der Waals surface area contributed by atoms with Crippen molar-refractivity contribution in [3.05, 3.63) is 90.3 Å². The molecular weight excluding hydrogens is 404 g/mol. The number of sulfone groups is 1. The average Bonchev–Trinajstić information content (AvgIpc) is 3.22. The molecule has 1 aromatic heterocycles. The SMILES string of the molecule is Cc1cc(-c2cccc(S(C)(=O)=O)c2)ccc1-c1nccn1-c1ccccc1C(C)C. The molecule has 5 heteroatoms. The van der Waals surface area contributed by atoms with Crippen molar-refractivity contribution < 1.29 is 8.42 Å². The molecule has 4 nitrogen and oxygen atoms in total. The third kappa shape index (κ3) is 4.19. The highest BCUT2D eigenvalue weighted by atomic mass is 32.2. The summed E-state index contributed by atoms with van der Waals surface area (Å²) in [5.74, 6) is 1.29. The van der Waals surface area contributed by atoms with E-state index in [1.165, 1.54) is 11.8 Å². The van der Waals surface area contributed by atoms with Gasteiger partial charge < -0.3 is 0 Å². The maximum atomic E-state index is 11.9. The maximum Gasteiger partial charge on any atom is 0.175 e. The molecule has 0 saturated carbocycles. The molecule has 0 aliphatic rings. The van der Waals surface area contributed by atoms with Crippen LogP contribution in [0.25, 0.3) is 28.2 Å². The Labute approximate surface area is 184 Å². The van der Waals surface area contributed by atoms with Gasteiger partial charge in [0.1, 0.15) is 5.82 Å². The summed E-state index contributed by atoms with van der Waals surface area (Å²) in [4.78, 5) is 4.98. The van der Waals surface area contributed by atoms with Crippen LogP contribution in [0.4, 0.5) is 0 Å². The fraction of sp³-hybridized carbons (Fsp3) is 0.192. The third-order valence-corrected chi connectivity index (χ3v) is 6.63. The molecule has 0 unspecified atom stereocenters. The van der Waals surface area contributed by atoms with Gasteiger partial charge in [0.2, 0.25) is 0 Å². The average molecular weight is 431 g/mol. The molecule has 1 heterocycles. The quantitative estimate of drug-likeness (QED) is 0.388. The molecule has 0 radical (unpaired) electrons. The molecule has 0 aliphatic carbocycles. The molecule has 0 amide bonds. The molecular formula is C26H26N2O2S. The minimum absolute atomic E-state index is 0.326. The van der Waals surface area contributed by atoms with Crippen LogP contribution in [-0.2, 0) is 9.84 Å². The van der Waals surface area contributed by atoms with Gasteiger partial charge in [-0.2, -0.15) is 0 Å². The highest BCUT2D eigenvalue weighted by molar-refractivity contribution is 7.90. The van der Waals surface area contributed by atoms with Gasteiger partial charge in [0.05, 0.1) is 10.6 Å². The van der Waals surface area contributed by atoms with Crippen molar-refractivity contribution >= 4 is 9.84 Å². The summed E-state index contributed by atoms with van der Waals surface area (Å²) in [6.45, 7) is 6.45. The summed E-state index contributed by atoms with van der Waals surface area (Å²) in [5, 5.41) is 0. The zero-order chi connectivity index (χ0) is 22.2. The van der Waals surface area contributed by atoms with Gasteiger partial charge in [-0.15, -0.1) is 0 Å². The maximum absolute atomic E-state index is 11.9. The second kappa shape index (κ2) is 8.16. The van der Waals surface area contributed by atoms with E-state index >= 15 is 0 Å². The Morgan fingerprint density at radius 1 is 0.903 bits per heavy atom. The van der Waals surface area contributed by atoms with Gasteiger partial charge in [-0.1, -0.05) is 62.4 Å². The van der Waals surface area contributed by atoms with E-state index in [2.05, 4.69) is 66.7 Å². The first kappa shape index (κ1) is 21.1. The van der Waals surface area contributed by atoms with Gasteiger partial charge in [-0.05, 0) is 53.3 Å². The van der Waals surface area contributed by atoms with Crippen LogP contribution in [-0.4, -0.2) is 24.2 Å². The summed E-state index contributed by atoms with van der Waals surface area (Å²) < 4.78 is 26.0. The van der Waals surface area contributed by atoms with Crippen molar-refractivity contribution in [2.24, 2.45) is 0 Å². The minimum atomic E-state index is -3.25. The van der Waals surface area contributed by atoms with Crippen molar-refractivity contribution in [2.45, 2.75) is 31.6 Å². The van der Waals surface area contributed by atoms with Crippen molar-refractivity contribution in [1.29, 1.82) is 0 Å². The smallest absolute Gasteiger partial charge is 0.175 e. The van der Waals surface area contributed by atoms with Gasteiger partial charge in [-0.3, -0.25) is 4.57 Å². The summed E-state index contributed by atoms with van der Waals surface area (Å²) in [6.07, 6.45) is 5.06. The van der Waals surface area contributed by atoms with Crippen LogP contribution < -0.4 is 0 Å². The number of imidazole rings is 1. The number of aryl methyl sites for hydroxylation is 1. The van der Waals surface area contributed by atoms with Gasteiger partial charge in [0.25, 0.3) is 0 Å². The number of hydrogen-bond donors (Lipinski definition) is 0. The second-order valence-corrected chi connectivity index (χ2v) is 10.2. The molecule has 3 aromatic carbocycles. The highest BCUT2D eigenvalue weighted by Gasteiger charge is 2.15. The summed E-state index contributed by atoms with van der Waals surface area (Å²) in [6, 6.07) is 21.7. The molecule has 0 saturated heterocycles. The van der Waals surface area contributed by atoms with Crippen LogP contribution in [0.1, 0.15) is 30.9 Å². The molecule has 158 valence electrons. The van der Waals surface area contributed by atoms with E-state index in [-0.39, 0.29) is 0 Å². The summed E-state index contributed by atoms with van der Waals surface area (Å²) >= 11 is 0. The lowest BCUT2D eigenvalue weighted by Crippen LogP contribution is -2.03. The van der Waals surface area contributed by atoms with Crippen LogP contribution >= 0.6 is 0 Å². The van der Waals surface area contributed by atoms with Crippen molar-refractivity contribution in [2.75, 3.05) is 6.26 Å². The third-order valence-electron chi connectivity index (χ3n) is 5.52. The van der Waals surface area contributed by atoms with Gasteiger partial charge in [0, 0.05) is 24.2 Å². The van der Waals surface area contributed by atoms with E-state index in [9.17, 15) is 8.42 Å². The normalized spacial score (nSPS) is 11.8. The van der Waals surface area contributed by atoms with Crippen molar-refractivity contribution in [3.8, 4) is 28.2 Å². The fourth-order valence-corrected chi connectivity index (χ4v) is 4.56. The van der Waals surface area contributed by atoms with Gasteiger partial charge >= 0.3 is 0 Å². The zero-order valence-electron chi connectivity index (χ0n) is 18.2. The lowest BCUT2D eigenvalue weighted by Gasteiger charge is -2.17. The van der Waals surface area contributed by atoms with Crippen LogP contribution in [0.15, 0.2) is 84.0 Å². The first-order chi connectivity index (χ1) is 14.8. The Kier molecular flexibility index (Phi) is 5.54. The molecule has 0 fully saturated rings. The molecule has 0 atom stereocenters. The molecule has 0 N–H and O–H groups in total.